The number of azo groups is 1. The highest BCUT2D eigenvalue weighted by Crippen LogP contribution is 2.41. The van der Waals surface area contributed by atoms with Crippen LogP contribution in [-0.2, 0) is 12.7 Å². The lowest BCUT2D eigenvalue weighted by Crippen LogP contribution is -2.13. The summed E-state index contributed by atoms with van der Waals surface area (Å²) in [5.41, 5.74) is 1.65. The molecule has 0 aliphatic heterocycles. The monoisotopic (exact) mass is 689 g/mol. The zero-order chi connectivity index (χ0) is 36.0. The lowest BCUT2D eigenvalue weighted by molar-refractivity contribution is -0.137. The molecule has 0 aliphatic rings. The van der Waals surface area contributed by atoms with E-state index < -0.39 is 29.3 Å². The normalized spacial score (nSPS) is 11.4. The SMILES string of the molecule is COc1ccc(C(=O)Nc2cccc(C(F)(F)F)c2)cc1N=Nc1c(O)c(C(=O)Nc2ccc(NCc3ccccc3)cc2)cc2ccccc12. The number of methoxy groups -OCH3 is 1. The van der Waals surface area contributed by atoms with Crippen LogP contribution in [-0.4, -0.2) is 24.0 Å². The molecule has 4 N–H and O–H groups in total. The van der Waals surface area contributed by atoms with E-state index in [4.69, 9.17) is 4.74 Å². The van der Waals surface area contributed by atoms with Gasteiger partial charge in [-0.2, -0.15) is 13.2 Å². The van der Waals surface area contributed by atoms with Crippen LogP contribution in [0.1, 0.15) is 31.8 Å². The predicted molar refractivity (Wildman–Crippen MR) is 190 cm³/mol. The zero-order valence-electron chi connectivity index (χ0n) is 27.0. The van der Waals surface area contributed by atoms with E-state index in [-0.39, 0.29) is 33.9 Å². The summed E-state index contributed by atoms with van der Waals surface area (Å²) in [6, 6.07) is 34.1. The molecule has 9 nitrogen and oxygen atoms in total. The number of rotatable bonds is 10. The first kappa shape index (κ1) is 34.2. The number of alkyl halides is 3. The van der Waals surface area contributed by atoms with E-state index in [0.717, 1.165) is 23.4 Å². The summed E-state index contributed by atoms with van der Waals surface area (Å²) in [6.45, 7) is 0.637. The van der Waals surface area contributed by atoms with Crippen LogP contribution in [0.3, 0.4) is 0 Å². The summed E-state index contributed by atoms with van der Waals surface area (Å²) in [4.78, 5) is 26.5. The van der Waals surface area contributed by atoms with Gasteiger partial charge in [0.05, 0.1) is 18.2 Å². The Bertz CT molecular complexity index is 2240. The van der Waals surface area contributed by atoms with Gasteiger partial charge in [0.2, 0.25) is 0 Å². The van der Waals surface area contributed by atoms with Gasteiger partial charge in [0.1, 0.15) is 17.1 Å². The molecule has 0 atom stereocenters. The number of hydrogen-bond donors (Lipinski definition) is 4. The van der Waals surface area contributed by atoms with E-state index in [1.807, 2.05) is 42.5 Å². The average Bonchev–Trinajstić information content (AvgIpc) is 3.14. The number of nitrogens with one attached hydrogen (secondary N) is 3. The third-order valence-corrected chi connectivity index (χ3v) is 7.87. The highest BCUT2D eigenvalue weighted by molar-refractivity contribution is 6.12. The van der Waals surface area contributed by atoms with E-state index in [9.17, 15) is 27.9 Å². The summed E-state index contributed by atoms with van der Waals surface area (Å²) >= 11 is 0. The molecule has 256 valence electrons. The van der Waals surface area contributed by atoms with Crippen LogP contribution in [0.25, 0.3) is 10.8 Å². The standard InChI is InChI=1S/C39H30F3N5O4/c1-51-34-19-14-26(37(49)45-30-12-7-11-27(22-30)39(40,41)42)21-33(34)46-47-35-31-13-6-5-10-25(31)20-32(36(35)48)38(50)44-29-17-15-28(16-18-29)43-23-24-8-3-2-4-9-24/h2-22,43,48H,23H2,1H3,(H,44,50)(H,45,49). The van der Waals surface area contributed by atoms with Gasteiger partial charge in [-0.15, -0.1) is 10.2 Å². The van der Waals surface area contributed by atoms with Crippen LogP contribution >= 0.6 is 0 Å². The number of carbonyl (C=O) groups is 2. The van der Waals surface area contributed by atoms with Crippen LogP contribution in [0.5, 0.6) is 11.5 Å². The topological polar surface area (TPSA) is 124 Å². The molecule has 12 heteroatoms. The summed E-state index contributed by atoms with van der Waals surface area (Å²) in [5, 5.41) is 29.6. The molecule has 0 saturated heterocycles. The summed E-state index contributed by atoms with van der Waals surface area (Å²) < 4.78 is 44.9. The molecule has 6 rings (SSSR count). The van der Waals surface area contributed by atoms with Crippen molar-refractivity contribution in [2.24, 2.45) is 10.2 Å². The van der Waals surface area contributed by atoms with Crippen molar-refractivity contribution in [3.63, 3.8) is 0 Å². The number of nitrogens with zero attached hydrogens (tertiary/aromatic N) is 2. The molecule has 0 saturated carbocycles. The van der Waals surface area contributed by atoms with Gasteiger partial charge in [0, 0.05) is 34.6 Å². The van der Waals surface area contributed by atoms with E-state index in [1.54, 1.807) is 42.5 Å². The number of phenolic OH excluding ortho intramolecular Hbond substituents is 1. The Morgan fingerprint density at radius 1 is 0.725 bits per heavy atom. The Morgan fingerprint density at radius 2 is 1.43 bits per heavy atom. The van der Waals surface area contributed by atoms with Crippen molar-refractivity contribution in [1.82, 2.24) is 0 Å². The van der Waals surface area contributed by atoms with Crippen molar-refractivity contribution in [3.05, 3.63) is 150 Å². The molecule has 0 fully saturated rings. The maximum absolute atomic E-state index is 13.5. The first-order valence-corrected chi connectivity index (χ1v) is 15.6. The van der Waals surface area contributed by atoms with Gasteiger partial charge in [0.25, 0.3) is 11.8 Å². The molecule has 0 radical (unpaired) electrons. The number of aromatic hydroxyl groups is 1. The first-order chi connectivity index (χ1) is 24.6. The van der Waals surface area contributed by atoms with Crippen molar-refractivity contribution < 1.29 is 32.6 Å². The quantitative estimate of drug-likeness (QED) is 0.107. The van der Waals surface area contributed by atoms with Crippen LogP contribution in [0.4, 0.5) is 41.6 Å². The van der Waals surface area contributed by atoms with Gasteiger partial charge in [-0.25, -0.2) is 0 Å². The largest absolute Gasteiger partial charge is 0.505 e. The minimum Gasteiger partial charge on any atom is -0.505 e. The highest BCUT2D eigenvalue weighted by Gasteiger charge is 2.30. The number of amides is 2. The van der Waals surface area contributed by atoms with Crippen LogP contribution in [0.15, 0.2) is 138 Å². The second kappa shape index (κ2) is 14.8. The van der Waals surface area contributed by atoms with Crippen molar-refractivity contribution in [2.75, 3.05) is 23.1 Å². The van der Waals surface area contributed by atoms with Gasteiger partial charge < -0.3 is 25.8 Å². The molecular formula is C39H30F3N5O4. The summed E-state index contributed by atoms with van der Waals surface area (Å²) in [7, 11) is 1.39. The molecule has 0 aromatic heterocycles. The van der Waals surface area contributed by atoms with Crippen molar-refractivity contribution in [2.45, 2.75) is 12.7 Å². The predicted octanol–water partition coefficient (Wildman–Crippen LogP) is 10.1. The number of benzene rings is 6. The minimum atomic E-state index is -4.58. The van der Waals surface area contributed by atoms with Gasteiger partial charge in [-0.1, -0.05) is 60.7 Å². The van der Waals surface area contributed by atoms with Crippen LogP contribution in [0, 0.1) is 0 Å². The third-order valence-electron chi connectivity index (χ3n) is 7.87. The second-order valence-electron chi connectivity index (χ2n) is 11.3. The molecule has 0 aliphatic carbocycles. The van der Waals surface area contributed by atoms with Gasteiger partial charge in [0.15, 0.2) is 5.75 Å². The summed E-state index contributed by atoms with van der Waals surface area (Å²) in [6.07, 6.45) is -4.58. The maximum atomic E-state index is 13.5. The highest BCUT2D eigenvalue weighted by atomic mass is 19.4. The molecule has 0 heterocycles. The molecule has 0 spiro atoms. The lowest BCUT2D eigenvalue weighted by Gasteiger charge is -2.12. The number of halogens is 3. The summed E-state index contributed by atoms with van der Waals surface area (Å²) in [5.74, 6) is -1.46. The first-order valence-electron chi connectivity index (χ1n) is 15.6. The number of ether oxygens (including phenoxy) is 1. The fourth-order valence-corrected chi connectivity index (χ4v) is 5.25. The Balaban J connectivity index is 1.24. The third kappa shape index (κ3) is 8.14. The van der Waals surface area contributed by atoms with Crippen molar-refractivity contribution in [3.8, 4) is 11.5 Å². The maximum Gasteiger partial charge on any atom is 0.416 e. The van der Waals surface area contributed by atoms with E-state index in [2.05, 4.69) is 26.2 Å². The molecule has 6 aromatic carbocycles. The Kier molecular flexibility index (Phi) is 9.94. The minimum absolute atomic E-state index is 0.000386. The van der Waals surface area contributed by atoms with Crippen molar-refractivity contribution >= 4 is 51.0 Å². The average molecular weight is 690 g/mol. The van der Waals surface area contributed by atoms with Crippen LogP contribution in [0.2, 0.25) is 0 Å². The molecule has 0 unspecified atom stereocenters. The van der Waals surface area contributed by atoms with Crippen LogP contribution < -0.4 is 20.7 Å². The Hall–Kier alpha value is -6.69. The molecule has 6 aromatic rings. The number of fused-ring (bicyclic) bond motifs is 1. The van der Waals surface area contributed by atoms with Gasteiger partial charge >= 0.3 is 6.18 Å². The zero-order valence-corrected chi connectivity index (χ0v) is 27.0. The number of phenols is 1. The number of hydrogen-bond acceptors (Lipinski definition) is 7. The fraction of sp³-hybridized carbons (Fsp3) is 0.0769. The smallest absolute Gasteiger partial charge is 0.416 e. The Labute approximate surface area is 290 Å². The molecule has 0 bridgehead atoms. The lowest BCUT2D eigenvalue weighted by atomic mass is 10.0. The van der Waals surface area contributed by atoms with E-state index in [0.29, 0.717) is 23.0 Å². The van der Waals surface area contributed by atoms with E-state index >= 15 is 0 Å². The molecule has 2 amide bonds. The fourth-order valence-electron chi connectivity index (χ4n) is 5.25. The molecule has 51 heavy (non-hydrogen) atoms. The second-order valence-corrected chi connectivity index (χ2v) is 11.3. The Morgan fingerprint density at radius 3 is 2.18 bits per heavy atom. The van der Waals surface area contributed by atoms with Gasteiger partial charge in [-0.3, -0.25) is 9.59 Å². The molecular weight excluding hydrogens is 659 g/mol. The number of carbonyl (C=O) groups excluding carboxylic acids is 2. The van der Waals surface area contributed by atoms with E-state index in [1.165, 1.54) is 37.4 Å². The van der Waals surface area contributed by atoms with Crippen molar-refractivity contribution in [1.29, 1.82) is 0 Å². The number of anilines is 3. The van der Waals surface area contributed by atoms with Gasteiger partial charge in [-0.05, 0) is 77.7 Å².